The fraction of sp³-hybridized carbons (Fsp3) is 0.316. The third-order valence-corrected chi connectivity index (χ3v) is 5.47. The lowest BCUT2D eigenvalue weighted by atomic mass is 10.1. The number of carbonyl (C=O) groups excluding carboxylic acids is 1. The molecule has 1 unspecified atom stereocenters. The number of anilines is 1. The van der Waals surface area contributed by atoms with Gasteiger partial charge in [0.05, 0.1) is 6.42 Å². The van der Waals surface area contributed by atoms with Crippen LogP contribution >= 0.6 is 11.3 Å². The molecule has 3 heterocycles. The minimum atomic E-state index is -0.0210. The Morgan fingerprint density at radius 3 is 2.76 bits per heavy atom. The van der Waals surface area contributed by atoms with Gasteiger partial charge in [-0.05, 0) is 36.4 Å². The van der Waals surface area contributed by atoms with Gasteiger partial charge >= 0.3 is 0 Å². The highest BCUT2D eigenvalue weighted by Gasteiger charge is 2.35. The van der Waals surface area contributed by atoms with Crippen LogP contribution in [0.3, 0.4) is 0 Å². The van der Waals surface area contributed by atoms with E-state index in [1.54, 1.807) is 11.3 Å². The van der Waals surface area contributed by atoms with Crippen LogP contribution in [0.4, 0.5) is 5.69 Å². The number of carbonyl (C=O) groups is 1. The summed E-state index contributed by atoms with van der Waals surface area (Å²) in [5.74, 6) is 1.34. The number of hydrogen-bond acceptors (Lipinski definition) is 5. The van der Waals surface area contributed by atoms with Crippen molar-refractivity contribution in [1.29, 1.82) is 0 Å². The maximum Gasteiger partial charge on any atom is 0.231 e. The molecule has 1 aromatic carbocycles. The summed E-state index contributed by atoms with van der Waals surface area (Å²) in [7, 11) is 0. The molecule has 1 saturated heterocycles. The molecular weight excluding hydrogens is 334 g/mol. The Labute approximate surface area is 150 Å². The zero-order valence-electron chi connectivity index (χ0n) is 14.2. The zero-order valence-corrected chi connectivity index (χ0v) is 15.0. The first-order valence-corrected chi connectivity index (χ1v) is 9.21. The second kappa shape index (κ2) is 6.44. The summed E-state index contributed by atoms with van der Waals surface area (Å²) in [5, 5.41) is 6.16. The van der Waals surface area contributed by atoms with E-state index < -0.39 is 0 Å². The third-order valence-electron chi connectivity index (χ3n) is 4.59. The summed E-state index contributed by atoms with van der Waals surface area (Å²) in [5.41, 5.74) is 3.23. The van der Waals surface area contributed by atoms with Gasteiger partial charge in [0.25, 0.3) is 0 Å². The van der Waals surface area contributed by atoms with E-state index >= 15 is 0 Å². The van der Waals surface area contributed by atoms with Crippen LogP contribution in [-0.2, 0) is 11.2 Å². The van der Waals surface area contributed by atoms with Crippen LogP contribution in [0.5, 0.6) is 0 Å². The van der Waals surface area contributed by atoms with Gasteiger partial charge in [-0.3, -0.25) is 4.79 Å². The maximum absolute atomic E-state index is 12.6. The summed E-state index contributed by atoms with van der Waals surface area (Å²) in [6, 6.07) is 10.2. The minimum Gasteiger partial charge on any atom is -0.339 e. The van der Waals surface area contributed by atoms with Crippen LogP contribution in [0.1, 0.15) is 40.1 Å². The normalized spacial score (nSPS) is 17.4. The van der Waals surface area contributed by atoms with Crippen molar-refractivity contribution >= 4 is 22.9 Å². The first-order valence-electron chi connectivity index (χ1n) is 8.33. The van der Waals surface area contributed by atoms with Gasteiger partial charge in [0, 0.05) is 29.4 Å². The largest absolute Gasteiger partial charge is 0.339 e. The molecule has 5 nitrogen and oxygen atoms in total. The Morgan fingerprint density at radius 1 is 1.24 bits per heavy atom. The summed E-state index contributed by atoms with van der Waals surface area (Å²) < 4.78 is 5.39. The molecule has 1 aliphatic heterocycles. The highest BCUT2D eigenvalue weighted by atomic mass is 32.1. The van der Waals surface area contributed by atoms with Gasteiger partial charge in [0.2, 0.25) is 11.8 Å². The maximum atomic E-state index is 12.6. The molecular formula is C19H19N3O2S. The summed E-state index contributed by atoms with van der Waals surface area (Å²) in [4.78, 5) is 20.1. The summed E-state index contributed by atoms with van der Waals surface area (Å²) >= 11 is 1.67. The van der Waals surface area contributed by atoms with Crippen LogP contribution in [-0.4, -0.2) is 22.6 Å². The molecule has 1 fully saturated rings. The van der Waals surface area contributed by atoms with E-state index in [9.17, 15) is 4.79 Å². The fourth-order valence-corrected chi connectivity index (χ4v) is 4.09. The van der Waals surface area contributed by atoms with E-state index in [0.29, 0.717) is 31.1 Å². The molecule has 25 heavy (non-hydrogen) atoms. The van der Waals surface area contributed by atoms with Crippen molar-refractivity contribution in [3.05, 3.63) is 63.4 Å². The molecule has 2 aromatic heterocycles. The lowest BCUT2D eigenvalue weighted by molar-refractivity contribution is -0.117. The molecule has 0 spiro atoms. The first kappa shape index (κ1) is 16.0. The van der Waals surface area contributed by atoms with Crippen LogP contribution in [0, 0.1) is 13.8 Å². The van der Waals surface area contributed by atoms with Crippen molar-refractivity contribution in [2.24, 2.45) is 0 Å². The minimum absolute atomic E-state index is 0.0210. The number of benzene rings is 1. The molecule has 1 amide bonds. The Balaban J connectivity index is 1.54. The number of para-hydroxylation sites is 1. The van der Waals surface area contributed by atoms with Crippen molar-refractivity contribution in [1.82, 2.24) is 10.1 Å². The molecule has 0 aliphatic carbocycles. The smallest absolute Gasteiger partial charge is 0.231 e. The quantitative estimate of drug-likeness (QED) is 0.715. The monoisotopic (exact) mass is 353 g/mol. The standard InChI is InChI=1S/C19H19N3O2S/c1-12-5-3-6-13(2)18(12)22-11-14(9-17(22)23)19-20-16(24-21-19)10-15-7-4-8-25-15/h3-8,14H,9-11H2,1-2H3. The number of amides is 1. The SMILES string of the molecule is Cc1cccc(C)c1N1CC(c2noc(Cc3cccs3)n2)CC1=O. The van der Waals surface area contributed by atoms with Gasteiger partial charge in [-0.2, -0.15) is 4.98 Å². The van der Waals surface area contributed by atoms with Crippen molar-refractivity contribution in [3.8, 4) is 0 Å². The molecule has 0 bridgehead atoms. The van der Waals surface area contributed by atoms with E-state index in [0.717, 1.165) is 16.8 Å². The molecule has 1 aliphatic rings. The van der Waals surface area contributed by atoms with Crippen molar-refractivity contribution in [2.75, 3.05) is 11.4 Å². The average molecular weight is 353 g/mol. The number of aryl methyl sites for hydroxylation is 2. The van der Waals surface area contributed by atoms with E-state index in [-0.39, 0.29) is 11.8 Å². The van der Waals surface area contributed by atoms with Gasteiger partial charge in [0.15, 0.2) is 5.82 Å². The number of hydrogen-bond donors (Lipinski definition) is 0. The number of thiophene rings is 1. The van der Waals surface area contributed by atoms with E-state index in [4.69, 9.17) is 4.52 Å². The highest BCUT2D eigenvalue weighted by molar-refractivity contribution is 7.09. The molecule has 6 heteroatoms. The Bertz CT molecular complexity index is 881. The van der Waals surface area contributed by atoms with Gasteiger partial charge in [0.1, 0.15) is 0 Å². The second-order valence-electron chi connectivity index (χ2n) is 6.45. The number of nitrogens with zero attached hydrogens (tertiary/aromatic N) is 3. The molecule has 0 N–H and O–H groups in total. The highest BCUT2D eigenvalue weighted by Crippen LogP contribution is 2.34. The molecule has 4 rings (SSSR count). The Hall–Kier alpha value is -2.47. The number of rotatable bonds is 4. The van der Waals surface area contributed by atoms with Crippen molar-refractivity contribution < 1.29 is 9.32 Å². The second-order valence-corrected chi connectivity index (χ2v) is 7.48. The molecule has 0 radical (unpaired) electrons. The first-order chi connectivity index (χ1) is 12.1. The summed E-state index contributed by atoms with van der Waals surface area (Å²) in [6.07, 6.45) is 1.07. The van der Waals surface area contributed by atoms with E-state index in [1.807, 2.05) is 48.4 Å². The van der Waals surface area contributed by atoms with Gasteiger partial charge in [-0.15, -0.1) is 11.3 Å². The van der Waals surface area contributed by atoms with Crippen molar-refractivity contribution in [2.45, 2.75) is 32.6 Å². The van der Waals surface area contributed by atoms with E-state index in [1.165, 1.54) is 4.88 Å². The topological polar surface area (TPSA) is 59.2 Å². The Morgan fingerprint density at radius 2 is 2.04 bits per heavy atom. The number of aromatic nitrogens is 2. The summed E-state index contributed by atoms with van der Waals surface area (Å²) in [6.45, 7) is 4.68. The molecule has 128 valence electrons. The predicted octanol–water partition coefficient (Wildman–Crippen LogP) is 3.86. The van der Waals surface area contributed by atoms with Crippen molar-refractivity contribution in [3.63, 3.8) is 0 Å². The lowest BCUT2D eigenvalue weighted by Crippen LogP contribution is -2.26. The van der Waals surface area contributed by atoms with Gasteiger partial charge in [-0.1, -0.05) is 29.4 Å². The zero-order chi connectivity index (χ0) is 17.4. The molecule has 0 saturated carbocycles. The Kier molecular flexibility index (Phi) is 4.13. The molecule has 1 atom stereocenters. The fourth-order valence-electron chi connectivity index (χ4n) is 3.40. The lowest BCUT2D eigenvalue weighted by Gasteiger charge is -2.21. The van der Waals surface area contributed by atoms with Gasteiger partial charge in [-0.25, -0.2) is 0 Å². The molecule has 3 aromatic rings. The van der Waals surface area contributed by atoms with Gasteiger partial charge < -0.3 is 9.42 Å². The van der Waals surface area contributed by atoms with Crippen LogP contribution in [0.15, 0.2) is 40.2 Å². The predicted molar refractivity (Wildman–Crippen MR) is 97.1 cm³/mol. The van der Waals surface area contributed by atoms with Crippen LogP contribution < -0.4 is 4.90 Å². The van der Waals surface area contributed by atoms with Crippen LogP contribution in [0.25, 0.3) is 0 Å². The van der Waals surface area contributed by atoms with Crippen LogP contribution in [0.2, 0.25) is 0 Å². The average Bonchev–Trinajstić information content (AvgIpc) is 3.30. The third kappa shape index (κ3) is 3.09. The van der Waals surface area contributed by atoms with E-state index in [2.05, 4.69) is 16.2 Å².